The van der Waals surface area contributed by atoms with Gasteiger partial charge in [0, 0.05) is 10.4 Å². The summed E-state index contributed by atoms with van der Waals surface area (Å²) in [6.45, 7) is 3.83. The summed E-state index contributed by atoms with van der Waals surface area (Å²) in [6.07, 6.45) is 0. The van der Waals surface area contributed by atoms with E-state index in [1.807, 2.05) is 19.9 Å². The van der Waals surface area contributed by atoms with Gasteiger partial charge < -0.3 is 0 Å². The topological polar surface area (TPSA) is 0 Å². The minimum Gasteiger partial charge on any atom is -0.207 e. The Bertz CT molecular complexity index is 529. The Balaban J connectivity index is 2.42. The lowest BCUT2D eigenvalue weighted by Crippen LogP contribution is -1.95. The quantitative estimate of drug-likeness (QED) is 0.642. The predicted molar refractivity (Wildman–Crippen MR) is 72.9 cm³/mol. The molecule has 90 valence electrons. The van der Waals surface area contributed by atoms with E-state index in [0.717, 1.165) is 16.0 Å². The second-order valence-corrected chi connectivity index (χ2v) is 6.12. The van der Waals surface area contributed by atoms with Gasteiger partial charge in [0.25, 0.3) is 0 Å². The van der Waals surface area contributed by atoms with Crippen molar-refractivity contribution in [2.75, 3.05) is 0 Å². The smallest absolute Gasteiger partial charge is 0.128 e. The van der Waals surface area contributed by atoms with Gasteiger partial charge in [-0.15, -0.1) is 22.9 Å². The van der Waals surface area contributed by atoms with Crippen LogP contribution in [0.2, 0.25) is 4.34 Å². The predicted octanol–water partition coefficient (Wildman–Crippen LogP) is 5.49. The lowest BCUT2D eigenvalue weighted by atomic mass is 10.1. The van der Waals surface area contributed by atoms with Gasteiger partial charge in [0.1, 0.15) is 5.82 Å². The summed E-state index contributed by atoms with van der Waals surface area (Å²) in [7, 11) is 0. The van der Waals surface area contributed by atoms with E-state index in [4.69, 9.17) is 23.2 Å². The monoisotopic (exact) mass is 288 g/mol. The third-order valence-electron chi connectivity index (χ3n) is 2.55. The zero-order chi connectivity index (χ0) is 12.6. The first-order chi connectivity index (χ1) is 7.99. The maximum atomic E-state index is 13.7. The molecule has 0 saturated heterocycles. The van der Waals surface area contributed by atoms with Gasteiger partial charge in [-0.25, -0.2) is 4.39 Å². The largest absolute Gasteiger partial charge is 0.207 e. The number of halogens is 3. The Morgan fingerprint density at radius 1 is 1.24 bits per heavy atom. The van der Waals surface area contributed by atoms with Gasteiger partial charge in [-0.1, -0.05) is 29.3 Å². The molecule has 0 nitrogen and oxygen atoms in total. The molecule has 0 fully saturated rings. The van der Waals surface area contributed by atoms with E-state index in [-0.39, 0.29) is 5.82 Å². The Morgan fingerprint density at radius 2 is 1.94 bits per heavy atom. The third kappa shape index (κ3) is 2.65. The first-order valence-electron chi connectivity index (χ1n) is 5.15. The highest BCUT2D eigenvalue weighted by molar-refractivity contribution is 7.16. The third-order valence-corrected chi connectivity index (χ3v) is 4.77. The van der Waals surface area contributed by atoms with E-state index in [9.17, 15) is 4.39 Å². The summed E-state index contributed by atoms with van der Waals surface area (Å²) in [5, 5.41) is -0.480. The second kappa shape index (κ2) is 4.97. The molecule has 17 heavy (non-hydrogen) atoms. The minimum atomic E-state index is -0.480. The summed E-state index contributed by atoms with van der Waals surface area (Å²) in [5.41, 5.74) is 2.47. The standard InChI is InChI=1S/C13H11Cl2FS/c1-7-3-4-10(16)9(5-7)12(14)11-6-8(2)13(15)17-11/h3-6,12H,1-2H3. The van der Waals surface area contributed by atoms with E-state index >= 15 is 0 Å². The summed E-state index contributed by atoms with van der Waals surface area (Å²) in [6, 6.07) is 6.86. The summed E-state index contributed by atoms with van der Waals surface area (Å²) < 4.78 is 14.4. The fraction of sp³-hybridized carbons (Fsp3) is 0.231. The van der Waals surface area contributed by atoms with Gasteiger partial charge in [-0.05, 0) is 31.5 Å². The van der Waals surface area contributed by atoms with E-state index in [2.05, 4.69) is 0 Å². The van der Waals surface area contributed by atoms with Gasteiger partial charge >= 0.3 is 0 Å². The molecule has 0 amide bonds. The normalized spacial score (nSPS) is 12.8. The van der Waals surface area contributed by atoms with E-state index in [1.54, 1.807) is 12.1 Å². The Labute approximate surface area is 114 Å². The summed E-state index contributed by atoms with van der Waals surface area (Å²) >= 11 is 13.7. The van der Waals surface area contributed by atoms with Gasteiger partial charge in [-0.2, -0.15) is 0 Å². The second-order valence-electron chi connectivity index (χ2n) is 3.99. The molecule has 4 heteroatoms. The fourth-order valence-electron chi connectivity index (χ4n) is 1.62. The average Bonchev–Trinajstić information content (AvgIpc) is 2.62. The van der Waals surface area contributed by atoms with Crippen LogP contribution in [0, 0.1) is 19.7 Å². The molecule has 0 bridgehead atoms. The number of hydrogen-bond acceptors (Lipinski definition) is 1. The van der Waals surface area contributed by atoms with E-state index < -0.39 is 5.38 Å². The Kier molecular flexibility index (Phi) is 3.76. The molecule has 1 aromatic heterocycles. The van der Waals surface area contributed by atoms with Gasteiger partial charge in [-0.3, -0.25) is 0 Å². The van der Waals surface area contributed by atoms with Crippen molar-refractivity contribution in [2.24, 2.45) is 0 Å². The molecule has 0 saturated carbocycles. The molecule has 0 spiro atoms. The molecular formula is C13H11Cl2FS. The van der Waals surface area contributed by atoms with Crippen LogP contribution >= 0.6 is 34.5 Å². The summed E-state index contributed by atoms with van der Waals surface area (Å²) in [5.74, 6) is -0.280. The first-order valence-corrected chi connectivity index (χ1v) is 6.78. The number of thiophene rings is 1. The molecule has 1 heterocycles. The molecule has 0 N–H and O–H groups in total. The molecule has 2 aromatic rings. The van der Waals surface area contributed by atoms with Crippen LogP contribution in [0.4, 0.5) is 4.39 Å². The number of alkyl halides is 1. The molecule has 0 aliphatic carbocycles. The minimum absolute atomic E-state index is 0.280. The van der Waals surface area contributed by atoms with Crippen molar-refractivity contribution in [2.45, 2.75) is 19.2 Å². The van der Waals surface area contributed by atoms with Crippen molar-refractivity contribution in [1.82, 2.24) is 0 Å². The van der Waals surface area contributed by atoms with Crippen molar-refractivity contribution in [3.05, 3.63) is 56.0 Å². The van der Waals surface area contributed by atoms with Crippen LogP contribution in [0.5, 0.6) is 0 Å². The van der Waals surface area contributed by atoms with Gasteiger partial charge in [0.05, 0.1) is 9.71 Å². The number of rotatable bonds is 2. The molecular weight excluding hydrogens is 278 g/mol. The van der Waals surface area contributed by atoms with Crippen LogP contribution in [0.25, 0.3) is 0 Å². The lowest BCUT2D eigenvalue weighted by molar-refractivity contribution is 0.612. The number of benzene rings is 1. The zero-order valence-electron chi connectivity index (χ0n) is 9.43. The molecule has 1 aromatic carbocycles. The van der Waals surface area contributed by atoms with E-state index in [0.29, 0.717) is 9.90 Å². The van der Waals surface area contributed by atoms with Crippen LogP contribution in [0.1, 0.15) is 26.9 Å². The molecule has 0 aliphatic rings. The SMILES string of the molecule is Cc1ccc(F)c(C(Cl)c2cc(C)c(Cl)s2)c1. The highest BCUT2D eigenvalue weighted by Crippen LogP contribution is 2.38. The first kappa shape index (κ1) is 12.9. The van der Waals surface area contributed by atoms with Gasteiger partial charge in [0.2, 0.25) is 0 Å². The molecule has 0 radical (unpaired) electrons. The Hall–Kier alpha value is -0.570. The molecule has 2 rings (SSSR count). The highest BCUT2D eigenvalue weighted by Gasteiger charge is 2.18. The molecule has 0 aliphatic heterocycles. The average molecular weight is 289 g/mol. The highest BCUT2D eigenvalue weighted by atomic mass is 35.5. The number of aryl methyl sites for hydroxylation is 2. The maximum Gasteiger partial charge on any atom is 0.128 e. The van der Waals surface area contributed by atoms with Crippen LogP contribution < -0.4 is 0 Å². The van der Waals surface area contributed by atoms with Crippen molar-refractivity contribution in [3.8, 4) is 0 Å². The van der Waals surface area contributed by atoms with E-state index in [1.165, 1.54) is 17.4 Å². The van der Waals surface area contributed by atoms with Crippen LogP contribution in [-0.2, 0) is 0 Å². The van der Waals surface area contributed by atoms with Crippen molar-refractivity contribution in [1.29, 1.82) is 0 Å². The zero-order valence-corrected chi connectivity index (χ0v) is 11.8. The van der Waals surface area contributed by atoms with Crippen LogP contribution in [0.15, 0.2) is 24.3 Å². The van der Waals surface area contributed by atoms with Crippen molar-refractivity contribution < 1.29 is 4.39 Å². The van der Waals surface area contributed by atoms with Crippen LogP contribution in [0.3, 0.4) is 0 Å². The lowest BCUT2D eigenvalue weighted by Gasteiger charge is -2.09. The number of hydrogen-bond donors (Lipinski definition) is 0. The van der Waals surface area contributed by atoms with Crippen molar-refractivity contribution >= 4 is 34.5 Å². The fourth-order valence-corrected chi connectivity index (χ4v) is 3.20. The molecule has 1 atom stereocenters. The van der Waals surface area contributed by atoms with Gasteiger partial charge in [0.15, 0.2) is 0 Å². The Morgan fingerprint density at radius 3 is 2.53 bits per heavy atom. The summed E-state index contributed by atoms with van der Waals surface area (Å²) in [4.78, 5) is 0.874. The van der Waals surface area contributed by atoms with Crippen molar-refractivity contribution in [3.63, 3.8) is 0 Å². The molecule has 1 unspecified atom stereocenters. The maximum absolute atomic E-state index is 13.7. The van der Waals surface area contributed by atoms with Crippen LogP contribution in [-0.4, -0.2) is 0 Å².